The van der Waals surface area contributed by atoms with Crippen molar-refractivity contribution in [3.8, 4) is 0 Å². The lowest BCUT2D eigenvalue weighted by Gasteiger charge is -2.04. The van der Waals surface area contributed by atoms with Crippen LogP contribution in [0, 0.1) is 0 Å². The molecule has 1 unspecified atom stereocenters. The normalized spacial score (nSPS) is 20.0. The second kappa shape index (κ2) is 5.44. The van der Waals surface area contributed by atoms with Crippen LogP contribution in [-0.4, -0.2) is 19.6 Å². The van der Waals surface area contributed by atoms with Gasteiger partial charge in [0, 0.05) is 18.0 Å². The van der Waals surface area contributed by atoms with E-state index in [9.17, 15) is 8.78 Å². The van der Waals surface area contributed by atoms with E-state index in [2.05, 4.69) is 15.1 Å². The fraction of sp³-hybridized carbons (Fsp3) is 0.235. The summed E-state index contributed by atoms with van der Waals surface area (Å²) in [6.45, 7) is 0. The van der Waals surface area contributed by atoms with E-state index in [1.54, 1.807) is 16.9 Å². The monoisotopic (exact) mass is 376 g/mol. The Kier molecular flexibility index (Phi) is 3.30. The molecule has 1 aliphatic rings. The summed E-state index contributed by atoms with van der Waals surface area (Å²) in [6.07, 6.45) is 1.93. The van der Waals surface area contributed by atoms with E-state index < -0.39 is 6.43 Å². The highest BCUT2D eigenvalue weighted by Gasteiger charge is 2.41. The van der Waals surface area contributed by atoms with Crippen LogP contribution in [0.2, 0.25) is 5.15 Å². The minimum absolute atomic E-state index is 0.125. The zero-order chi connectivity index (χ0) is 17.1. The number of imidazole rings is 1. The third-order valence-electron chi connectivity index (χ3n) is 4.59. The van der Waals surface area contributed by atoms with Crippen molar-refractivity contribution >= 4 is 38.8 Å². The highest BCUT2D eigenvalue weighted by atomic mass is 35.5. The van der Waals surface area contributed by atoms with Crippen molar-refractivity contribution in [1.29, 1.82) is 0 Å². The van der Waals surface area contributed by atoms with Crippen molar-refractivity contribution in [2.75, 3.05) is 0 Å². The molecule has 25 heavy (non-hydrogen) atoms. The summed E-state index contributed by atoms with van der Waals surface area (Å²) in [5.41, 5.74) is 3.66. The first-order valence-electron chi connectivity index (χ1n) is 7.78. The largest absolute Gasteiger partial charge is 0.289 e. The predicted molar refractivity (Wildman–Crippen MR) is 92.7 cm³/mol. The third kappa shape index (κ3) is 2.49. The second-order valence-electron chi connectivity index (χ2n) is 6.15. The van der Waals surface area contributed by atoms with E-state index in [0.717, 1.165) is 39.2 Å². The maximum Gasteiger partial charge on any atom is 0.289 e. The van der Waals surface area contributed by atoms with Crippen LogP contribution < -0.4 is 0 Å². The number of hydrogen-bond donors (Lipinski definition) is 0. The van der Waals surface area contributed by atoms with Gasteiger partial charge in [0.25, 0.3) is 6.43 Å². The molecule has 0 spiro atoms. The highest BCUT2D eigenvalue weighted by molar-refractivity contribution is 7.18. The van der Waals surface area contributed by atoms with Crippen molar-refractivity contribution < 1.29 is 8.78 Å². The van der Waals surface area contributed by atoms with Gasteiger partial charge in [-0.15, -0.1) is 11.3 Å². The number of alkyl halides is 2. The minimum atomic E-state index is -2.53. The van der Waals surface area contributed by atoms with Crippen LogP contribution in [-0.2, 0) is 0 Å². The molecule has 1 saturated carbocycles. The predicted octanol–water partition coefficient (Wildman–Crippen LogP) is 5.20. The van der Waals surface area contributed by atoms with Crippen LogP contribution in [0.25, 0.3) is 15.9 Å². The standard InChI is InChI=1S/C17H11ClF2N4S/c18-14-7-11(16-21-3-4-24(16)23-14)10-6-9(10)8-1-2-12-13(5-8)25-17(22-12)15(19)20/h1-5,7,9-10,15H,6H2/t9?,10-/m0/s1. The van der Waals surface area contributed by atoms with Gasteiger partial charge in [-0.25, -0.2) is 23.3 Å². The Morgan fingerprint density at radius 1 is 1.24 bits per heavy atom. The first-order chi connectivity index (χ1) is 12.1. The van der Waals surface area contributed by atoms with Crippen LogP contribution in [0.5, 0.6) is 0 Å². The Bertz CT molecular complexity index is 1110. The van der Waals surface area contributed by atoms with Gasteiger partial charge in [-0.05, 0) is 42.0 Å². The third-order valence-corrected chi connectivity index (χ3v) is 5.80. The molecule has 4 aromatic rings. The molecule has 0 aliphatic heterocycles. The number of thiazole rings is 1. The number of aromatic nitrogens is 4. The SMILES string of the molecule is FC(F)c1nc2ccc(C3C[C@@H]3c3cc(Cl)nn4ccnc34)cc2s1. The zero-order valence-corrected chi connectivity index (χ0v) is 14.3. The summed E-state index contributed by atoms with van der Waals surface area (Å²) in [5, 5.41) is 4.52. The molecule has 126 valence electrons. The molecule has 0 amide bonds. The number of hydrogen-bond acceptors (Lipinski definition) is 4. The van der Waals surface area contributed by atoms with E-state index in [-0.39, 0.29) is 5.01 Å². The summed E-state index contributed by atoms with van der Waals surface area (Å²) in [7, 11) is 0. The van der Waals surface area contributed by atoms with E-state index >= 15 is 0 Å². The molecule has 0 radical (unpaired) electrons. The molecule has 8 heteroatoms. The number of halogens is 3. The molecule has 3 aromatic heterocycles. The van der Waals surface area contributed by atoms with E-state index in [4.69, 9.17) is 11.6 Å². The number of rotatable bonds is 3. The molecule has 0 saturated heterocycles. The average molecular weight is 377 g/mol. The van der Waals surface area contributed by atoms with E-state index in [1.807, 2.05) is 24.3 Å². The smallest absolute Gasteiger partial charge is 0.235 e. The Balaban J connectivity index is 1.51. The maximum absolute atomic E-state index is 12.8. The molecular weight excluding hydrogens is 366 g/mol. The van der Waals surface area contributed by atoms with Crippen molar-refractivity contribution in [3.05, 3.63) is 57.9 Å². The van der Waals surface area contributed by atoms with Gasteiger partial charge in [0.1, 0.15) is 5.15 Å². The van der Waals surface area contributed by atoms with E-state index in [0.29, 0.717) is 22.5 Å². The van der Waals surface area contributed by atoms with Crippen LogP contribution in [0.15, 0.2) is 36.7 Å². The van der Waals surface area contributed by atoms with Gasteiger partial charge in [-0.1, -0.05) is 17.7 Å². The van der Waals surface area contributed by atoms with Crippen molar-refractivity contribution in [2.24, 2.45) is 0 Å². The number of benzene rings is 1. The fourth-order valence-corrected chi connectivity index (χ4v) is 4.44. The van der Waals surface area contributed by atoms with Crippen molar-refractivity contribution in [1.82, 2.24) is 19.6 Å². The molecule has 0 N–H and O–H groups in total. The molecule has 0 bridgehead atoms. The summed E-state index contributed by atoms with van der Waals surface area (Å²) >= 11 is 7.18. The van der Waals surface area contributed by atoms with Gasteiger partial charge >= 0.3 is 0 Å². The topological polar surface area (TPSA) is 43.1 Å². The van der Waals surface area contributed by atoms with Crippen LogP contribution >= 0.6 is 22.9 Å². The fourth-order valence-electron chi connectivity index (χ4n) is 3.37. The van der Waals surface area contributed by atoms with Crippen LogP contribution in [0.3, 0.4) is 0 Å². The van der Waals surface area contributed by atoms with Gasteiger partial charge in [-0.2, -0.15) is 5.10 Å². The van der Waals surface area contributed by atoms with Gasteiger partial charge in [0.15, 0.2) is 10.7 Å². The second-order valence-corrected chi connectivity index (χ2v) is 7.60. The Morgan fingerprint density at radius 2 is 2.12 bits per heavy atom. The minimum Gasteiger partial charge on any atom is -0.235 e. The van der Waals surface area contributed by atoms with Crippen LogP contribution in [0.4, 0.5) is 8.78 Å². The van der Waals surface area contributed by atoms with E-state index in [1.165, 1.54) is 0 Å². The quantitative estimate of drug-likeness (QED) is 0.493. The maximum atomic E-state index is 12.8. The number of nitrogens with zero attached hydrogens (tertiary/aromatic N) is 4. The molecule has 2 atom stereocenters. The van der Waals surface area contributed by atoms with Crippen LogP contribution in [0.1, 0.15) is 40.8 Å². The lowest BCUT2D eigenvalue weighted by molar-refractivity contribution is 0.151. The lowest BCUT2D eigenvalue weighted by Crippen LogP contribution is -1.96. The lowest BCUT2D eigenvalue weighted by atomic mass is 10.1. The summed E-state index contributed by atoms with van der Waals surface area (Å²) < 4.78 is 28.2. The van der Waals surface area contributed by atoms with Crippen molar-refractivity contribution in [3.63, 3.8) is 0 Å². The molecule has 4 nitrogen and oxygen atoms in total. The van der Waals surface area contributed by atoms with Gasteiger partial charge in [0.2, 0.25) is 0 Å². The zero-order valence-electron chi connectivity index (χ0n) is 12.7. The molecule has 1 aromatic carbocycles. The van der Waals surface area contributed by atoms with Gasteiger partial charge in [0.05, 0.1) is 10.2 Å². The molecule has 1 fully saturated rings. The average Bonchev–Trinajstić information content (AvgIpc) is 3.03. The van der Waals surface area contributed by atoms with Crippen molar-refractivity contribution in [2.45, 2.75) is 24.7 Å². The molecule has 1 aliphatic carbocycles. The van der Waals surface area contributed by atoms with Gasteiger partial charge in [-0.3, -0.25) is 0 Å². The summed E-state index contributed by atoms with van der Waals surface area (Å²) in [5.74, 6) is 0.644. The first-order valence-corrected chi connectivity index (χ1v) is 8.98. The molecular formula is C17H11ClF2N4S. The Hall–Kier alpha value is -2.12. The molecule has 5 rings (SSSR count). The van der Waals surface area contributed by atoms with Gasteiger partial charge < -0.3 is 0 Å². The summed E-state index contributed by atoms with van der Waals surface area (Å²) in [6, 6.07) is 7.66. The Labute approximate surface area is 150 Å². The highest BCUT2D eigenvalue weighted by Crippen LogP contribution is 2.56. The first kappa shape index (κ1) is 15.2. The Morgan fingerprint density at radius 3 is 2.96 bits per heavy atom. The summed E-state index contributed by atoms with van der Waals surface area (Å²) in [4.78, 5) is 8.36. The number of fused-ring (bicyclic) bond motifs is 2. The molecule has 3 heterocycles.